The number of methoxy groups -OCH3 is 1. The molecular formula is C27H31FN4O4. The van der Waals surface area contributed by atoms with Gasteiger partial charge in [-0.25, -0.2) is 9.37 Å². The van der Waals surface area contributed by atoms with Crippen molar-refractivity contribution >= 4 is 17.7 Å². The molecule has 0 spiro atoms. The lowest BCUT2D eigenvalue weighted by molar-refractivity contribution is -0.137. The van der Waals surface area contributed by atoms with E-state index in [1.165, 1.54) is 24.8 Å². The van der Waals surface area contributed by atoms with Crippen molar-refractivity contribution in [2.75, 3.05) is 19.0 Å². The summed E-state index contributed by atoms with van der Waals surface area (Å²) in [7, 11) is 1.35. The quantitative estimate of drug-likeness (QED) is 0.391. The summed E-state index contributed by atoms with van der Waals surface area (Å²) in [5.74, 6) is -1.13. The number of fused-ring (bicyclic) bond motifs is 1. The topological polar surface area (TPSA) is 105 Å². The lowest BCUT2D eigenvalue weighted by Crippen LogP contribution is -2.31. The number of benzene rings is 1. The summed E-state index contributed by atoms with van der Waals surface area (Å²) in [6, 6.07) is 9.28. The zero-order valence-corrected chi connectivity index (χ0v) is 20.5. The maximum atomic E-state index is 14.3. The minimum atomic E-state index is -1.10. The molecule has 0 aliphatic carbocycles. The van der Waals surface area contributed by atoms with Crippen molar-refractivity contribution < 1.29 is 23.8 Å². The van der Waals surface area contributed by atoms with Crippen molar-refractivity contribution in [3.8, 4) is 5.75 Å². The number of aliphatic carboxylic acids is 1. The molecule has 1 unspecified atom stereocenters. The van der Waals surface area contributed by atoms with Crippen molar-refractivity contribution in [1.29, 1.82) is 0 Å². The zero-order valence-electron chi connectivity index (χ0n) is 20.5. The van der Waals surface area contributed by atoms with Crippen LogP contribution in [0.2, 0.25) is 0 Å². The number of carbonyl (C=O) groups is 2. The molecule has 0 saturated heterocycles. The number of carboxylic acids is 1. The first kappa shape index (κ1) is 25.2. The van der Waals surface area contributed by atoms with Crippen LogP contribution in [0.4, 0.5) is 10.2 Å². The average molecular weight is 495 g/mol. The lowest BCUT2D eigenvalue weighted by Gasteiger charge is -2.18. The third-order valence-electron chi connectivity index (χ3n) is 6.41. The van der Waals surface area contributed by atoms with Crippen LogP contribution >= 0.6 is 0 Å². The summed E-state index contributed by atoms with van der Waals surface area (Å²) < 4.78 is 21.0. The van der Waals surface area contributed by atoms with Gasteiger partial charge in [-0.2, -0.15) is 0 Å². The Balaban J connectivity index is 1.48. The molecule has 0 fully saturated rings. The van der Waals surface area contributed by atoms with Crippen LogP contribution in [0.1, 0.15) is 58.7 Å². The van der Waals surface area contributed by atoms with Crippen molar-refractivity contribution in [1.82, 2.24) is 14.9 Å². The molecule has 1 aromatic carbocycles. The van der Waals surface area contributed by atoms with E-state index in [2.05, 4.69) is 22.8 Å². The van der Waals surface area contributed by atoms with Gasteiger partial charge in [-0.1, -0.05) is 12.1 Å². The summed E-state index contributed by atoms with van der Waals surface area (Å²) in [4.78, 5) is 29.4. The fourth-order valence-electron chi connectivity index (χ4n) is 4.50. The van der Waals surface area contributed by atoms with E-state index in [1.807, 2.05) is 23.8 Å². The monoisotopic (exact) mass is 494 g/mol. The Kier molecular flexibility index (Phi) is 7.87. The third-order valence-corrected chi connectivity index (χ3v) is 6.41. The highest BCUT2D eigenvalue weighted by molar-refractivity contribution is 5.93. The van der Waals surface area contributed by atoms with E-state index in [-0.39, 0.29) is 12.2 Å². The number of carboxylic acid groups (broad SMARTS) is 1. The number of pyridine rings is 1. The Morgan fingerprint density at radius 1 is 1.25 bits per heavy atom. The molecule has 8 nitrogen and oxygen atoms in total. The Bertz CT molecular complexity index is 1260. The van der Waals surface area contributed by atoms with Crippen molar-refractivity contribution in [3.05, 3.63) is 76.5 Å². The number of nitrogens with zero attached hydrogens (tertiary/aromatic N) is 2. The number of hydrogen-bond donors (Lipinski definition) is 3. The minimum Gasteiger partial charge on any atom is -0.494 e. The van der Waals surface area contributed by atoms with Crippen LogP contribution in [0.3, 0.4) is 0 Å². The second-order valence-electron chi connectivity index (χ2n) is 8.88. The number of amides is 1. The van der Waals surface area contributed by atoms with Crippen LogP contribution in [0, 0.1) is 5.82 Å². The van der Waals surface area contributed by atoms with E-state index in [4.69, 9.17) is 9.72 Å². The van der Waals surface area contributed by atoms with Gasteiger partial charge in [-0.15, -0.1) is 0 Å². The molecule has 0 bridgehead atoms. The van der Waals surface area contributed by atoms with Gasteiger partial charge in [-0.05, 0) is 73.6 Å². The second kappa shape index (κ2) is 11.2. The van der Waals surface area contributed by atoms with Gasteiger partial charge in [0.25, 0.3) is 5.91 Å². The van der Waals surface area contributed by atoms with E-state index < -0.39 is 23.7 Å². The normalized spacial score (nSPS) is 13.4. The molecule has 3 aromatic rings. The number of rotatable bonds is 10. The lowest BCUT2D eigenvalue weighted by atomic mass is 10.0. The van der Waals surface area contributed by atoms with Crippen LogP contribution in [-0.4, -0.2) is 40.2 Å². The molecule has 3 N–H and O–H groups in total. The fraction of sp³-hybridized carbons (Fsp3) is 0.370. The highest BCUT2D eigenvalue weighted by Crippen LogP contribution is 2.25. The number of ether oxygens (including phenoxy) is 1. The highest BCUT2D eigenvalue weighted by atomic mass is 19.1. The molecule has 4 rings (SSSR count). The zero-order chi connectivity index (χ0) is 25.7. The summed E-state index contributed by atoms with van der Waals surface area (Å²) in [6.07, 6.45) is 5.15. The number of hydrogen-bond acceptors (Lipinski definition) is 5. The molecule has 36 heavy (non-hydrogen) atoms. The number of halogens is 1. The van der Waals surface area contributed by atoms with Gasteiger partial charge >= 0.3 is 5.97 Å². The number of carbonyl (C=O) groups excluding carboxylic acids is 1. The number of aromatic nitrogens is 2. The first-order valence-corrected chi connectivity index (χ1v) is 12.2. The molecule has 1 aliphatic rings. The first-order valence-electron chi connectivity index (χ1n) is 12.2. The largest absolute Gasteiger partial charge is 0.494 e. The molecule has 3 heterocycles. The summed E-state index contributed by atoms with van der Waals surface area (Å²) in [6.45, 7) is 3.45. The van der Waals surface area contributed by atoms with E-state index in [0.29, 0.717) is 24.2 Å². The maximum absolute atomic E-state index is 14.3. The van der Waals surface area contributed by atoms with Gasteiger partial charge in [0.15, 0.2) is 11.6 Å². The van der Waals surface area contributed by atoms with Crippen LogP contribution in [0.25, 0.3) is 0 Å². The molecule has 0 saturated carbocycles. The average Bonchev–Trinajstić information content (AvgIpc) is 3.30. The predicted octanol–water partition coefficient (Wildman–Crippen LogP) is 4.14. The van der Waals surface area contributed by atoms with Crippen LogP contribution in [0.15, 0.2) is 42.6 Å². The highest BCUT2D eigenvalue weighted by Gasteiger charge is 2.22. The van der Waals surface area contributed by atoms with Gasteiger partial charge in [-0.3, -0.25) is 9.59 Å². The maximum Gasteiger partial charge on any atom is 0.305 e. The Hall–Kier alpha value is -3.88. The Labute approximate surface area is 209 Å². The van der Waals surface area contributed by atoms with Crippen LogP contribution in [0.5, 0.6) is 5.75 Å². The predicted molar refractivity (Wildman–Crippen MR) is 134 cm³/mol. The number of aryl methyl sites for hydroxylation is 4. The van der Waals surface area contributed by atoms with Gasteiger partial charge < -0.3 is 25.0 Å². The van der Waals surface area contributed by atoms with E-state index in [0.717, 1.165) is 42.9 Å². The van der Waals surface area contributed by atoms with Crippen molar-refractivity contribution in [2.45, 2.75) is 51.6 Å². The van der Waals surface area contributed by atoms with Gasteiger partial charge in [0.05, 0.1) is 19.6 Å². The third kappa shape index (κ3) is 5.84. The summed E-state index contributed by atoms with van der Waals surface area (Å²) in [5, 5.41) is 15.5. The standard InChI is InChI=1S/C27H31FN4O4/c1-3-32-16-17(6-9-20-10-7-18-5-4-12-29-26(18)30-20)13-23(32)27(35)31-22(15-25(33)34)19-8-11-24(36-2)21(28)14-19/h7-8,10-11,13-14,16,22H,3-6,9,12,15H2,1-2H3,(H,29,30)(H,31,35)(H,33,34). The van der Waals surface area contributed by atoms with Crippen LogP contribution in [-0.2, 0) is 30.6 Å². The smallest absolute Gasteiger partial charge is 0.305 e. The minimum absolute atomic E-state index is 0.0489. The SMILES string of the molecule is CCn1cc(CCc2ccc3c(n2)NCCC3)cc1C(=O)NC(CC(=O)O)c1ccc(OC)c(F)c1. The molecule has 0 radical (unpaired) electrons. The molecule has 9 heteroatoms. The van der Waals surface area contributed by atoms with Crippen LogP contribution < -0.4 is 15.4 Å². The van der Waals surface area contributed by atoms with E-state index >= 15 is 0 Å². The molecule has 190 valence electrons. The van der Waals surface area contributed by atoms with Gasteiger partial charge in [0, 0.05) is 25.0 Å². The molecule has 1 atom stereocenters. The van der Waals surface area contributed by atoms with Crippen molar-refractivity contribution in [2.24, 2.45) is 0 Å². The van der Waals surface area contributed by atoms with Crippen molar-refractivity contribution in [3.63, 3.8) is 0 Å². The molecule has 1 aliphatic heterocycles. The molecular weight excluding hydrogens is 463 g/mol. The number of nitrogens with one attached hydrogen (secondary N) is 2. The van der Waals surface area contributed by atoms with Gasteiger partial charge in [0.2, 0.25) is 0 Å². The Morgan fingerprint density at radius 2 is 2.08 bits per heavy atom. The second-order valence-corrected chi connectivity index (χ2v) is 8.88. The molecule has 2 aromatic heterocycles. The van der Waals surface area contributed by atoms with E-state index in [9.17, 15) is 19.1 Å². The van der Waals surface area contributed by atoms with E-state index in [1.54, 1.807) is 6.07 Å². The summed E-state index contributed by atoms with van der Waals surface area (Å²) in [5.41, 5.74) is 4.00. The summed E-state index contributed by atoms with van der Waals surface area (Å²) >= 11 is 0. The molecule has 1 amide bonds. The number of anilines is 1. The van der Waals surface area contributed by atoms with Gasteiger partial charge in [0.1, 0.15) is 11.5 Å². The first-order chi connectivity index (χ1) is 17.4. The Morgan fingerprint density at radius 3 is 2.81 bits per heavy atom. The fourth-order valence-corrected chi connectivity index (χ4v) is 4.50.